The van der Waals surface area contributed by atoms with Crippen LogP contribution in [0.5, 0.6) is 5.75 Å². The monoisotopic (exact) mass is 523 g/mol. The molecule has 0 aliphatic heterocycles. The summed E-state index contributed by atoms with van der Waals surface area (Å²) < 4.78 is 5.47. The van der Waals surface area contributed by atoms with Gasteiger partial charge in [-0.1, -0.05) is 62.7 Å². The Hall–Kier alpha value is -3.55. The first kappa shape index (κ1) is 29.0. The van der Waals surface area contributed by atoms with Crippen molar-refractivity contribution in [2.75, 3.05) is 6.54 Å². The van der Waals surface area contributed by atoms with Gasteiger partial charge in [-0.05, 0) is 62.8 Å². The molecule has 1 fully saturated rings. The standard InChI is InChI=1S/C30H41N3O5/c1-6-7-16-31-27(35)26(22-14-11-15-23(34)19-22)33(25-17-20(25)2)28(36)24(18-21-12-9-8-10-13-21)32-29(37)38-30(3,4)5/h8-15,19-20,24-26,34H,6-7,16-18H2,1-5H3,(H,31,35)(H,32,37). The zero-order valence-electron chi connectivity index (χ0n) is 23.1. The smallest absolute Gasteiger partial charge is 0.408 e. The Labute approximate surface area is 225 Å². The molecule has 1 saturated carbocycles. The van der Waals surface area contributed by atoms with E-state index in [1.165, 1.54) is 12.1 Å². The van der Waals surface area contributed by atoms with E-state index in [2.05, 4.69) is 10.6 Å². The Morgan fingerprint density at radius 3 is 2.37 bits per heavy atom. The molecule has 8 heteroatoms. The van der Waals surface area contributed by atoms with Crippen molar-refractivity contribution in [2.45, 2.75) is 84.0 Å². The van der Waals surface area contributed by atoms with Gasteiger partial charge in [-0.15, -0.1) is 0 Å². The number of carbonyl (C=O) groups is 3. The summed E-state index contributed by atoms with van der Waals surface area (Å²) >= 11 is 0. The summed E-state index contributed by atoms with van der Waals surface area (Å²) in [4.78, 5) is 42.3. The lowest BCUT2D eigenvalue weighted by Crippen LogP contribution is -2.54. The number of benzene rings is 2. The number of hydrogen-bond acceptors (Lipinski definition) is 5. The Morgan fingerprint density at radius 1 is 1.11 bits per heavy atom. The van der Waals surface area contributed by atoms with Gasteiger partial charge in [0.15, 0.2) is 0 Å². The second-order valence-corrected chi connectivity index (χ2v) is 11.1. The quantitative estimate of drug-likeness (QED) is 0.369. The number of nitrogens with zero attached hydrogens (tertiary/aromatic N) is 1. The lowest BCUT2D eigenvalue weighted by atomic mass is 9.99. The fourth-order valence-corrected chi connectivity index (χ4v) is 4.47. The zero-order valence-corrected chi connectivity index (χ0v) is 23.1. The highest BCUT2D eigenvalue weighted by molar-refractivity contribution is 5.93. The topological polar surface area (TPSA) is 108 Å². The van der Waals surface area contributed by atoms with Crippen molar-refractivity contribution in [1.82, 2.24) is 15.5 Å². The van der Waals surface area contributed by atoms with Crippen molar-refractivity contribution in [3.63, 3.8) is 0 Å². The molecule has 4 unspecified atom stereocenters. The number of nitrogens with one attached hydrogen (secondary N) is 2. The van der Waals surface area contributed by atoms with Gasteiger partial charge in [-0.25, -0.2) is 4.79 Å². The fraction of sp³-hybridized carbons (Fsp3) is 0.500. The van der Waals surface area contributed by atoms with E-state index in [9.17, 15) is 19.5 Å². The third-order valence-electron chi connectivity index (χ3n) is 6.49. The number of carbonyl (C=O) groups excluding carboxylic acids is 3. The van der Waals surface area contributed by atoms with Gasteiger partial charge in [0.1, 0.15) is 23.4 Å². The predicted molar refractivity (Wildman–Crippen MR) is 146 cm³/mol. The highest BCUT2D eigenvalue weighted by Crippen LogP contribution is 2.41. The van der Waals surface area contributed by atoms with Gasteiger partial charge in [-0.2, -0.15) is 0 Å². The van der Waals surface area contributed by atoms with Crippen LogP contribution in [0, 0.1) is 5.92 Å². The average molecular weight is 524 g/mol. The lowest BCUT2D eigenvalue weighted by Gasteiger charge is -2.35. The van der Waals surface area contributed by atoms with Crippen molar-refractivity contribution >= 4 is 17.9 Å². The Morgan fingerprint density at radius 2 is 1.79 bits per heavy atom. The molecule has 1 aliphatic rings. The maximum absolute atomic E-state index is 14.3. The Balaban J connectivity index is 2.00. The molecule has 0 spiro atoms. The summed E-state index contributed by atoms with van der Waals surface area (Å²) in [5.41, 5.74) is 0.646. The van der Waals surface area contributed by atoms with Gasteiger partial charge in [0.05, 0.1) is 0 Å². The minimum absolute atomic E-state index is 0.0119. The number of unbranched alkanes of at least 4 members (excludes halogenated alkanes) is 1. The van der Waals surface area contributed by atoms with Crippen molar-refractivity contribution < 1.29 is 24.2 Å². The van der Waals surface area contributed by atoms with Gasteiger partial charge < -0.3 is 25.4 Å². The SMILES string of the molecule is CCCCNC(=O)C(c1cccc(O)c1)N(C(=O)C(Cc1ccccc1)NC(=O)OC(C)(C)C)C1CC1C. The zero-order chi connectivity index (χ0) is 27.9. The first-order valence-electron chi connectivity index (χ1n) is 13.4. The Bertz CT molecular complexity index is 1100. The van der Waals surface area contributed by atoms with Crippen LogP contribution in [-0.4, -0.2) is 52.1 Å². The summed E-state index contributed by atoms with van der Waals surface area (Å²) in [5, 5.41) is 16.0. The van der Waals surface area contributed by atoms with E-state index >= 15 is 0 Å². The molecule has 3 amide bonds. The molecule has 2 aromatic rings. The molecule has 0 saturated heterocycles. The van der Waals surface area contributed by atoms with Crippen molar-refractivity contribution in [2.24, 2.45) is 5.92 Å². The first-order chi connectivity index (χ1) is 18.0. The number of phenolic OH excluding ortho intramolecular Hbond substituents is 1. The fourth-order valence-electron chi connectivity index (χ4n) is 4.47. The first-order valence-corrected chi connectivity index (χ1v) is 13.4. The predicted octanol–water partition coefficient (Wildman–Crippen LogP) is 4.72. The number of phenols is 1. The molecule has 2 aromatic carbocycles. The van der Waals surface area contributed by atoms with Gasteiger partial charge in [0, 0.05) is 19.0 Å². The van der Waals surface area contributed by atoms with E-state index in [0.717, 1.165) is 24.8 Å². The molecule has 38 heavy (non-hydrogen) atoms. The van der Waals surface area contributed by atoms with Crippen LogP contribution in [0.2, 0.25) is 0 Å². The van der Waals surface area contributed by atoms with E-state index in [-0.39, 0.29) is 35.9 Å². The van der Waals surface area contributed by atoms with Crippen molar-refractivity contribution in [3.05, 3.63) is 65.7 Å². The van der Waals surface area contributed by atoms with Crippen LogP contribution in [-0.2, 0) is 20.7 Å². The van der Waals surface area contributed by atoms with Crippen LogP contribution in [0.15, 0.2) is 54.6 Å². The van der Waals surface area contributed by atoms with Crippen LogP contribution in [0.4, 0.5) is 4.79 Å². The number of alkyl carbamates (subject to hydrolysis) is 1. The van der Waals surface area contributed by atoms with E-state index in [1.807, 2.05) is 44.2 Å². The number of ether oxygens (including phenoxy) is 1. The maximum Gasteiger partial charge on any atom is 0.408 e. The summed E-state index contributed by atoms with van der Waals surface area (Å²) in [6.07, 6.45) is 2.01. The second-order valence-electron chi connectivity index (χ2n) is 11.1. The highest BCUT2D eigenvalue weighted by Gasteiger charge is 2.48. The third kappa shape index (κ3) is 8.23. The number of aromatic hydroxyl groups is 1. The van der Waals surface area contributed by atoms with Gasteiger partial charge in [0.25, 0.3) is 0 Å². The van der Waals surface area contributed by atoms with Gasteiger partial charge >= 0.3 is 6.09 Å². The molecule has 0 bridgehead atoms. The van der Waals surface area contributed by atoms with Crippen molar-refractivity contribution in [3.8, 4) is 5.75 Å². The van der Waals surface area contributed by atoms with Gasteiger partial charge in [0.2, 0.25) is 11.8 Å². The molecule has 1 aliphatic carbocycles. The summed E-state index contributed by atoms with van der Waals surface area (Å²) in [5.74, 6) is -0.473. The minimum Gasteiger partial charge on any atom is -0.508 e. The largest absolute Gasteiger partial charge is 0.508 e. The molecule has 3 N–H and O–H groups in total. The van der Waals surface area contributed by atoms with Crippen LogP contribution >= 0.6 is 0 Å². The van der Waals surface area contributed by atoms with Crippen molar-refractivity contribution in [1.29, 1.82) is 0 Å². The summed E-state index contributed by atoms with van der Waals surface area (Å²) in [6.45, 7) is 9.84. The molecular weight excluding hydrogens is 482 g/mol. The normalized spacial score (nSPS) is 18.1. The van der Waals surface area contributed by atoms with Crippen LogP contribution in [0.1, 0.15) is 71.0 Å². The van der Waals surface area contributed by atoms with Gasteiger partial charge in [-0.3, -0.25) is 9.59 Å². The second kappa shape index (κ2) is 12.8. The molecule has 0 radical (unpaired) electrons. The molecule has 0 heterocycles. The highest BCUT2D eigenvalue weighted by atomic mass is 16.6. The summed E-state index contributed by atoms with van der Waals surface area (Å²) in [6, 6.07) is 13.8. The average Bonchev–Trinajstić information content (AvgIpc) is 3.56. The third-order valence-corrected chi connectivity index (χ3v) is 6.49. The molecule has 206 valence electrons. The van der Waals surface area contributed by atoms with E-state index in [0.29, 0.717) is 12.1 Å². The molecule has 8 nitrogen and oxygen atoms in total. The number of amides is 3. The maximum atomic E-state index is 14.3. The Kier molecular flexibility index (Phi) is 9.78. The number of hydrogen-bond donors (Lipinski definition) is 3. The van der Waals surface area contributed by atoms with Crippen LogP contribution in [0.3, 0.4) is 0 Å². The molecule has 0 aromatic heterocycles. The molecule has 3 rings (SSSR count). The lowest BCUT2D eigenvalue weighted by molar-refractivity contribution is -0.143. The van der Waals surface area contributed by atoms with Crippen LogP contribution < -0.4 is 10.6 Å². The van der Waals surface area contributed by atoms with Crippen LogP contribution in [0.25, 0.3) is 0 Å². The van der Waals surface area contributed by atoms with E-state index in [1.54, 1.807) is 37.8 Å². The molecule has 4 atom stereocenters. The van der Waals surface area contributed by atoms with E-state index < -0.39 is 23.8 Å². The number of rotatable bonds is 11. The summed E-state index contributed by atoms with van der Waals surface area (Å²) in [7, 11) is 0. The minimum atomic E-state index is -0.958. The van der Waals surface area contributed by atoms with E-state index in [4.69, 9.17) is 4.74 Å². The molecular formula is C30H41N3O5.